The summed E-state index contributed by atoms with van der Waals surface area (Å²) in [5.41, 5.74) is 0. The molecule has 1 N–H and O–H groups in total. The number of carbonyl (C=O) groups is 3. The molecule has 1 fully saturated rings. The van der Waals surface area contributed by atoms with E-state index in [2.05, 4.69) is 0 Å². The maximum atomic E-state index is 11.9. The Balaban J connectivity index is 2.48. The fourth-order valence-electron chi connectivity index (χ4n) is 2.12. The van der Waals surface area contributed by atoms with E-state index >= 15 is 0 Å². The summed E-state index contributed by atoms with van der Waals surface area (Å²) in [5.74, 6) is -1.05. The van der Waals surface area contributed by atoms with Gasteiger partial charge in [-0.25, -0.2) is 0 Å². The van der Waals surface area contributed by atoms with Crippen LogP contribution in [0.4, 0.5) is 0 Å². The van der Waals surface area contributed by atoms with Crippen molar-refractivity contribution in [1.82, 2.24) is 9.80 Å². The van der Waals surface area contributed by atoms with Crippen molar-refractivity contribution in [3.63, 3.8) is 0 Å². The molecular formula is C12H20N2O4. The highest BCUT2D eigenvalue weighted by molar-refractivity contribution is 5.83. The topological polar surface area (TPSA) is 77.9 Å². The fraction of sp³-hybridized carbons (Fsp3) is 0.750. The predicted molar refractivity (Wildman–Crippen MR) is 64.9 cm³/mol. The molecule has 2 amide bonds. The molecule has 102 valence electrons. The minimum absolute atomic E-state index is 0.0304. The van der Waals surface area contributed by atoms with Gasteiger partial charge in [0.05, 0.1) is 6.54 Å². The number of likely N-dealkylation sites (tertiary alicyclic amines) is 1. The van der Waals surface area contributed by atoms with E-state index in [1.165, 1.54) is 11.8 Å². The molecule has 0 aromatic carbocycles. The smallest absolute Gasteiger partial charge is 0.303 e. The van der Waals surface area contributed by atoms with E-state index in [1.807, 2.05) is 0 Å². The number of piperidine rings is 1. The van der Waals surface area contributed by atoms with Gasteiger partial charge in [0.2, 0.25) is 11.8 Å². The first-order chi connectivity index (χ1) is 8.40. The number of nitrogens with zero attached hydrogens (tertiary/aromatic N) is 2. The van der Waals surface area contributed by atoms with Crippen LogP contribution in [0.15, 0.2) is 0 Å². The zero-order valence-electron chi connectivity index (χ0n) is 10.9. The van der Waals surface area contributed by atoms with Crippen LogP contribution in [0.1, 0.15) is 26.2 Å². The standard InChI is InChI=1S/C12H20N2O4/c1-9(15)13(2)8-11(16)14-5-3-4-10(7-14)6-12(17)18/h10H,3-8H2,1-2H3,(H,17,18). The minimum atomic E-state index is -0.824. The van der Waals surface area contributed by atoms with Crippen molar-refractivity contribution < 1.29 is 19.5 Å². The number of hydrogen-bond acceptors (Lipinski definition) is 3. The van der Waals surface area contributed by atoms with Gasteiger partial charge in [-0.15, -0.1) is 0 Å². The molecule has 0 aliphatic carbocycles. The summed E-state index contributed by atoms with van der Waals surface area (Å²) in [7, 11) is 1.58. The van der Waals surface area contributed by atoms with Crippen molar-refractivity contribution in [2.24, 2.45) is 5.92 Å². The van der Waals surface area contributed by atoms with Gasteiger partial charge in [0, 0.05) is 33.5 Å². The van der Waals surface area contributed by atoms with Crippen molar-refractivity contribution in [2.75, 3.05) is 26.7 Å². The highest BCUT2D eigenvalue weighted by Gasteiger charge is 2.25. The summed E-state index contributed by atoms with van der Waals surface area (Å²) >= 11 is 0. The van der Waals surface area contributed by atoms with Crippen LogP contribution in [-0.2, 0) is 14.4 Å². The van der Waals surface area contributed by atoms with E-state index in [0.29, 0.717) is 13.1 Å². The molecule has 0 spiro atoms. The molecule has 1 rings (SSSR count). The van der Waals surface area contributed by atoms with Crippen molar-refractivity contribution >= 4 is 17.8 Å². The molecule has 1 atom stereocenters. The number of aliphatic carboxylic acids is 1. The third kappa shape index (κ3) is 4.35. The first-order valence-electron chi connectivity index (χ1n) is 6.11. The van der Waals surface area contributed by atoms with Gasteiger partial charge in [0.1, 0.15) is 0 Å². The molecule has 0 saturated carbocycles. The quantitative estimate of drug-likeness (QED) is 0.778. The highest BCUT2D eigenvalue weighted by atomic mass is 16.4. The maximum absolute atomic E-state index is 11.9. The zero-order chi connectivity index (χ0) is 13.7. The van der Waals surface area contributed by atoms with Gasteiger partial charge in [-0.1, -0.05) is 0 Å². The number of hydrogen-bond donors (Lipinski definition) is 1. The van der Waals surface area contributed by atoms with Gasteiger partial charge in [-0.05, 0) is 18.8 Å². The number of carboxylic acid groups (broad SMARTS) is 1. The molecule has 0 aromatic heterocycles. The Hall–Kier alpha value is -1.59. The highest BCUT2D eigenvalue weighted by Crippen LogP contribution is 2.19. The second-order valence-corrected chi connectivity index (χ2v) is 4.82. The Morgan fingerprint density at radius 3 is 2.61 bits per heavy atom. The van der Waals surface area contributed by atoms with Crippen molar-refractivity contribution in [3.8, 4) is 0 Å². The SMILES string of the molecule is CC(=O)N(C)CC(=O)N1CCCC(CC(=O)O)C1. The summed E-state index contributed by atoms with van der Waals surface area (Å²) in [4.78, 5) is 36.7. The van der Waals surface area contributed by atoms with Crippen LogP contribution < -0.4 is 0 Å². The summed E-state index contributed by atoms with van der Waals surface area (Å²) in [6.07, 6.45) is 1.78. The molecule has 6 heteroatoms. The first-order valence-corrected chi connectivity index (χ1v) is 6.11. The summed E-state index contributed by atoms with van der Waals surface area (Å²) in [6, 6.07) is 0. The van der Waals surface area contributed by atoms with E-state index in [1.54, 1.807) is 11.9 Å². The molecule has 1 unspecified atom stereocenters. The molecule has 1 saturated heterocycles. The lowest BCUT2D eigenvalue weighted by atomic mass is 9.95. The number of rotatable bonds is 4. The van der Waals surface area contributed by atoms with E-state index in [0.717, 1.165) is 12.8 Å². The Bertz CT molecular complexity index is 343. The molecule has 0 aromatic rings. The second-order valence-electron chi connectivity index (χ2n) is 4.82. The van der Waals surface area contributed by atoms with Gasteiger partial charge in [-0.3, -0.25) is 14.4 Å². The Morgan fingerprint density at radius 1 is 1.39 bits per heavy atom. The average Bonchev–Trinajstić information content (AvgIpc) is 2.28. The number of carbonyl (C=O) groups excluding carboxylic acids is 2. The number of likely N-dealkylation sites (N-methyl/N-ethyl adjacent to an activating group) is 1. The average molecular weight is 256 g/mol. The molecule has 6 nitrogen and oxygen atoms in total. The van der Waals surface area contributed by atoms with Crippen LogP contribution in [0.3, 0.4) is 0 Å². The largest absolute Gasteiger partial charge is 0.481 e. The summed E-state index contributed by atoms with van der Waals surface area (Å²) in [6.45, 7) is 2.61. The third-order valence-corrected chi connectivity index (χ3v) is 3.24. The summed E-state index contributed by atoms with van der Waals surface area (Å²) in [5, 5.41) is 8.75. The lowest BCUT2D eigenvalue weighted by Crippen LogP contribution is -2.45. The van der Waals surface area contributed by atoms with E-state index < -0.39 is 5.97 Å². The van der Waals surface area contributed by atoms with E-state index in [-0.39, 0.29) is 30.7 Å². The third-order valence-electron chi connectivity index (χ3n) is 3.24. The lowest BCUT2D eigenvalue weighted by Gasteiger charge is -2.33. The minimum Gasteiger partial charge on any atom is -0.481 e. The number of carboxylic acids is 1. The van der Waals surface area contributed by atoms with Crippen LogP contribution in [0.5, 0.6) is 0 Å². The fourth-order valence-corrected chi connectivity index (χ4v) is 2.12. The molecule has 1 aliphatic rings. The molecule has 18 heavy (non-hydrogen) atoms. The van der Waals surface area contributed by atoms with Crippen molar-refractivity contribution in [3.05, 3.63) is 0 Å². The van der Waals surface area contributed by atoms with Gasteiger partial charge < -0.3 is 14.9 Å². The van der Waals surface area contributed by atoms with Gasteiger partial charge in [-0.2, -0.15) is 0 Å². The lowest BCUT2D eigenvalue weighted by molar-refractivity contribution is -0.142. The zero-order valence-corrected chi connectivity index (χ0v) is 10.9. The molecule has 0 radical (unpaired) electrons. The van der Waals surface area contributed by atoms with E-state index in [9.17, 15) is 14.4 Å². The van der Waals surface area contributed by atoms with Gasteiger partial charge in [0.15, 0.2) is 0 Å². The van der Waals surface area contributed by atoms with Gasteiger partial charge >= 0.3 is 5.97 Å². The van der Waals surface area contributed by atoms with Crippen molar-refractivity contribution in [2.45, 2.75) is 26.2 Å². The van der Waals surface area contributed by atoms with Crippen molar-refractivity contribution in [1.29, 1.82) is 0 Å². The second kappa shape index (κ2) is 6.37. The first kappa shape index (κ1) is 14.5. The normalized spacial score (nSPS) is 19.4. The Kier molecular flexibility index (Phi) is 5.12. The number of amides is 2. The summed E-state index contributed by atoms with van der Waals surface area (Å²) < 4.78 is 0. The Labute approximate surface area is 107 Å². The molecule has 1 heterocycles. The van der Waals surface area contributed by atoms with Crippen LogP contribution in [0.2, 0.25) is 0 Å². The predicted octanol–water partition coefficient (Wildman–Crippen LogP) is 0.178. The molecule has 0 bridgehead atoms. The molecular weight excluding hydrogens is 236 g/mol. The Morgan fingerprint density at radius 2 is 2.06 bits per heavy atom. The van der Waals surface area contributed by atoms with Crippen LogP contribution in [-0.4, -0.2) is 59.4 Å². The van der Waals surface area contributed by atoms with Gasteiger partial charge in [0.25, 0.3) is 0 Å². The van der Waals surface area contributed by atoms with Crippen LogP contribution in [0, 0.1) is 5.92 Å². The molecule has 1 aliphatic heterocycles. The van der Waals surface area contributed by atoms with Crippen LogP contribution >= 0.6 is 0 Å². The maximum Gasteiger partial charge on any atom is 0.303 e. The van der Waals surface area contributed by atoms with Crippen LogP contribution in [0.25, 0.3) is 0 Å². The monoisotopic (exact) mass is 256 g/mol. The van der Waals surface area contributed by atoms with E-state index in [4.69, 9.17) is 5.11 Å².